The summed E-state index contributed by atoms with van der Waals surface area (Å²) in [4.78, 5) is 0. The molecule has 1 aromatic rings. The van der Waals surface area contributed by atoms with Crippen molar-refractivity contribution < 1.29 is 0 Å². The molecule has 1 aromatic carbocycles. The molecule has 0 aromatic heterocycles. The molecule has 0 bridgehead atoms. The van der Waals surface area contributed by atoms with E-state index >= 15 is 0 Å². The van der Waals surface area contributed by atoms with Crippen LogP contribution in [0.25, 0.3) is 11.1 Å². The second-order valence-corrected chi connectivity index (χ2v) is 4.17. The van der Waals surface area contributed by atoms with E-state index in [4.69, 9.17) is 0 Å². The lowest BCUT2D eigenvalue weighted by molar-refractivity contribution is 1.37. The molecular weight excluding hydrogens is 168 g/mol. The van der Waals surface area contributed by atoms with Crippen LogP contribution in [0.1, 0.15) is 38.8 Å². The molecule has 0 aliphatic heterocycles. The molecule has 0 nitrogen and oxygen atoms in total. The van der Waals surface area contributed by atoms with E-state index in [1.54, 1.807) is 0 Å². The Morgan fingerprint density at radius 2 is 1.43 bits per heavy atom. The minimum absolute atomic E-state index is 1.40. The zero-order valence-electron chi connectivity index (χ0n) is 9.31. The molecule has 72 valence electrons. The maximum Gasteiger partial charge on any atom is -0.0107 e. The van der Waals surface area contributed by atoms with E-state index in [0.717, 1.165) is 0 Å². The number of benzene rings is 1. The highest BCUT2D eigenvalue weighted by molar-refractivity contribution is 5.99. The smallest absolute Gasteiger partial charge is 0.0107 e. The number of hydrogen-bond donors (Lipinski definition) is 0. The first-order chi connectivity index (χ1) is 6.63. The van der Waals surface area contributed by atoms with E-state index in [1.807, 2.05) is 0 Å². The minimum atomic E-state index is 1.40. The van der Waals surface area contributed by atoms with Crippen LogP contribution < -0.4 is 0 Å². The van der Waals surface area contributed by atoms with Gasteiger partial charge in [0.1, 0.15) is 0 Å². The second kappa shape index (κ2) is 3.13. The molecule has 0 saturated carbocycles. The van der Waals surface area contributed by atoms with Crippen molar-refractivity contribution in [1.82, 2.24) is 0 Å². The Morgan fingerprint density at radius 1 is 0.857 bits per heavy atom. The number of rotatable bonds is 0. The molecule has 1 aliphatic rings. The number of allylic oxidation sites excluding steroid dienone is 4. The van der Waals surface area contributed by atoms with Gasteiger partial charge in [-0.15, -0.1) is 0 Å². The first-order valence-corrected chi connectivity index (χ1v) is 5.08. The zero-order valence-corrected chi connectivity index (χ0v) is 9.31. The Hall–Kier alpha value is -1.30. The van der Waals surface area contributed by atoms with Crippen molar-refractivity contribution in [2.45, 2.75) is 27.7 Å². The molecule has 0 heterocycles. The van der Waals surface area contributed by atoms with Crippen LogP contribution in [0.4, 0.5) is 0 Å². The van der Waals surface area contributed by atoms with Gasteiger partial charge < -0.3 is 0 Å². The van der Waals surface area contributed by atoms with Crippen molar-refractivity contribution in [2.24, 2.45) is 0 Å². The van der Waals surface area contributed by atoms with Crippen LogP contribution in [0.15, 0.2) is 35.4 Å². The standard InChI is InChI=1S/C14H16/c1-9(2)14-11(4)10(3)12-7-5-6-8-13(12)14/h5-8H,1-4H3. The molecule has 0 N–H and O–H groups in total. The van der Waals surface area contributed by atoms with Gasteiger partial charge in [-0.05, 0) is 55.5 Å². The second-order valence-electron chi connectivity index (χ2n) is 4.17. The van der Waals surface area contributed by atoms with Crippen molar-refractivity contribution in [1.29, 1.82) is 0 Å². The quantitative estimate of drug-likeness (QED) is 0.564. The molecule has 0 heteroatoms. The van der Waals surface area contributed by atoms with Gasteiger partial charge in [0.2, 0.25) is 0 Å². The van der Waals surface area contributed by atoms with Crippen LogP contribution in [0.3, 0.4) is 0 Å². The van der Waals surface area contributed by atoms with E-state index in [-0.39, 0.29) is 0 Å². The van der Waals surface area contributed by atoms with Crippen molar-refractivity contribution in [3.63, 3.8) is 0 Å². The molecule has 0 unspecified atom stereocenters. The molecule has 0 amide bonds. The molecule has 1 aliphatic carbocycles. The van der Waals surface area contributed by atoms with Gasteiger partial charge in [-0.1, -0.05) is 29.8 Å². The van der Waals surface area contributed by atoms with Crippen LogP contribution in [0, 0.1) is 0 Å². The van der Waals surface area contributed by atoms with Gasteiger partial charge in [-0.2, -0.15) is 0 Å². The molecule has 0 spiro atoms. The summed E-state index contributed by atoms with van der Waals surface area (Å²) in [6.07, 6.45) is 0. The maximum atomic E-state index is 2.22. The fourth-order valence-corrected chi connectivity index (χ4v) is 2.26. The lowest BCUT2D eigenvalue weighted by Gasteiger charge is -2.05. The third-order valence-corrected chi connectivity index (χ3v) is 3.04. The van der Waals surface area contributed by atoms with Gasteiger partial charge >= 0.3 is 0 Å². The number of fused-ring (bicyclic) bond motifs is 1. The summed E-state index contributed by atoms with van der Waals surface area (Å²) < 4.78 is 0. The summed E-state index contributed by atoms with van der Waals surface area (Å²) in [5.74, 6) is 0. The Kier molecular flexibility index (Phi) is 2.07. The minimum Gasteiger partial charge on any atom is -0.0683 e. The van der Waals surface area contributed by atoms with Crippen molar-refractivity contribution in [3.05, 3.63) is 46.5 Å². The molecule has 2 rings (SSSR count). The topological polar surface area (TPSA) is 0 Å². The molecule has 14 heavy (non-hydrogen) atoms. The molecular formula is C14H16. The SMILES string of the molecule is CC(C)=C1C(C)=C(C)c2ccccc21. The predicted molar refractivity (Wildman–Crippen MR) is 63.0 cm³/mol. The van der Waals surface area contributed by atoms with E-state index < -0.39 is 0 Å². The van der Waals surface area contributed by atoms with Crippen LogP contribution in [-0.2, 0) is 0 Å². The molecule has 0 saturated heterocycles. The van der Waals surface area contributed by atoms with Gasteiger partial charge in [0.15, 0.2) is 0 Å². The van der Waals surface area contributed by atoms with Crippen molar-refractivity contribution in [2.75, 3.05) is 0 Å². The van der Waals surface area contributed by atoms with Gasteiger partial charge in [0.25, 0.3) is 0 Å². The lowest BCUT2D eigenvalue weighted by Crippen LogP contribution is -1.84. The molecule has 0 atom stereocenters. The first kappa shape index (κ1) is 9.26. The van der Waals surface area contributed by atoms with Crippen LogP contribution in [0.5, 0.6) is 0 Å². The van der Waals surface area contributed by atoms with E-state index in [9.17, 15) is 0 Å². The van der Waals surface area contributed by atoms with Crippen LogP contribution >= 0.6 is 0 Å². The van der Waals surface area contributed by atoms with Gasteiger partial charge in [-0.3, -0.25) is 0 Å². The monoisotopic (exact) mass is 184 g/mol. The summed E-state index contributed by atoms with van der Waals surface area (Å²) in [7, 11) is 0. The van der Waals surface area contributed by atoms with E-state index in [1.165, 1.54) is 33.4 Å². The van der Waals surface area contributed by atoms with Crippen molar-refractivity contribution in [3.8, 4) is 0 Å². The average Bonchev–Trinajstić information content (AvgIpc) is 2.41. The zero-order chi connectivity index (χ0) is 10.3. The van der Waals surface area contributed by atoms with Gasteiger partial charge in [-0.25, -0.2) is 0 Å². The number of hydrogen-bond acceptors (Lipinski definition) is 0. The normalized spacial score (nSPS) is 14.7. The summed E-state index contributed by atoms with van der Waals surface area (Å²) in [5.41, 5.74) is 8.52. The third kappa shape index (κ3) is 1.14. The van der Waals surface area contributed by atoms with E-state index in [2.05, 4.69) is 52.0 Å². The first-order valence-electron chi connectivity index (χ1n) is 5.08. The predicted octanol–water partition coefficient (Wildman–Crippen LogP) is 4.29. The summed E-state index contributed by atoms with van der Waals surface area (Å²) in [6.45, 7) is 8.81. The highest BCUT2D eigenvalue weighted by atomic mass is 14.2. The highest BCUT2D eigenvalue weighted by Crippen LogP contribution is 2.41. The molecule has 0 fully saturated rings. The highest BCUT2D eigenvalue weighted by Gasteiger charge is 2.20. The van der Waals surface area contributed by atoms with Crippen LogP contribution in [-0.4, -0.2) is 0 Å². The average molecular weight is 184 g/mol. The van der Waals surface area contributed by atoms with Gasteiger partial charge in [0.05, 0.1) is 0 Å². The lowest BCUT2D eigenvalue weighted by atomic mass is 9.99. The molecule has 0 radical (unpaired) electrons. The van der Waals surface area contributed by atoms with Crippen molar-refractivity contribution >= 4 is 11.1 Å². The Balaban J connectivity index is 2.77. The fraction of sp³-hybridized carbons (Fsp3) is 0.286. The van der Waals surface area contributed by atoms with Crippen LogP contribution in [0.2, 0.25) is 0 Å². The summed E-state index contributed by atoms with van der Waals surface area (Å²) in [5, 5.41) is 0. The third-order valence-electron chi connectivity index (χ3n) is 3.04. The Labute approximate surface area is 86.0 Å². The largest absolute Gasteiger partial charge is 0.0683 e. The van der Waals surface area contributed by atoms with E-state index in [0.29, 0.717) is 0 Å². The van der Waals surface area contributed by atoms with Gasteiger partial charge in [0, 0.05) is 0 Å². The fourth-order valence-electron chi connectivity index (χ4n) is 2.26. The summed E-state index contributed by atoms with van der Waals surface area (Å²) >= 11 is 0. The summed E-state index contributed by atoms with van der Waals surface area (Å²) in [6, 6.07) is 8.67. The maximum absolute atomic E-state index is 2.22. The Bertz CT molecular complexity index is 441. The Morgan fingerprint density at radius 3 is 2.00 bits per heavy atom.